The molecule has 0 spiro atoms. The van der Waals surface area contributed by atoms with Crippen LogP contribution in [-0.4, -0.2) is 16.3 Å². The summed E-state index contributed by atoms with van der Waals surface area (Å²) in [6.45, 7) is 4.75. The Morgan fingerprint density at radius 1 is 1.33 bits per heavy atom. The molecule has 1 aromatic carbocycles. The molecule has 0 saturated heterocycles. The Kier molecular flexibility index (Phi) is 3.39. The largest absolute Gasteiger partial charge is 0.467 e. The van der Waals surface area contributed by atoms with Crippen LogP contribution in [0.3, 0.4) is 0 Å². The first-order valence-electron chi connectivity index (χ1n) is 6.71. The minimum Gasteiger partial charge on any atom is -0.467 e. The number of anilines is 1. The molecule has 0 bridgehead atoms. The fraction of sp³-hybridized carbons (Fsp3) is 0.333. The molecule has 2 N–H and O–H groups in total. The van der Waals surface area contributed by atoms with E-state index in [2.05, 4.69) is 4.98 Å². The number of aromatic nitrogens is 2. The first-order valence-corrected chi connectivity index (χ1v) is 6.71. The minimum atomic E-state index is -0.268. The van der Waals surface area contributed by atoms with Gasteiger partial charge in [-0.15, -0.1) is 0 Å². The predicted octanol–water partition coefficient (Wildman–Crippen LogP) is 1.36. The van der Waals surface area contributed by atoms with E-state index in [0.29, 0.717) is 24.5 Å². The van der Waals surface area contributed by atoms with Gasteiger partial charge in [-0.25, -0.2) is 4.79 Å². The molecule has 6 heteroatoms. The lowest BCUT2D eigenvalue weighted by molar-refractivity contribution is -0.0170. The number of nitrogen functional groups attached to an aromatic ring is 1. The van der Waals surface area contributed by atoms with Crippen LogP contribution >= 0.6 is 0 Å². The summed E-state index contributed by atoms with van der Waals surface area (Å²) in [6, 6.07) is 5.54. The van der Waals surface area contributed by atoms with E-state index in [4.69, 9.17) is 15.2 Å². The molecular weight excluding hydrogens is 270 g/mol. The lowest BCUT2D eigenvalue weighted by Crippen LogP contribution is -2.26. The Labute approximate surface area is 122 Å². The monoisotopic (exact) mass is 287 g/mol. The summed E-state index contributed by atoms with van der Waals surface area (Å²) in [4.78, 5) is 16.0. The fourth-order valence-electron chi connectivity index (χ4n) is 2.58. The van der Waals surface area contributed by atoms with Gasteiger partial charge in [0, 0.05) is 28.2 Å². The Morgan fingerprint density at radius 2 is 2.14 bits per heavy atom. The van der Waals surface area contributed by atoms with Crippen LogP contribution in [0.25, 0.3) is 0 Å². The summed E-state index contributed by atoms with van der Waals surface area (Å²) in [5, 5.41) is 0. The summed E-state index contributed by atoms with van der Waals surface area (Å²) in [6.07, 6.45) is 0. The van der Waals surface area contributed by atoms with E-state index in [1.54, 1.807) is 4.57 Å². The highest BCUT2D eigenvalue weighted by molar-refractivity contribution is 5.53. The Balaban J connectivity index is 2.07. The SMILES string of the molecule is Cc1cc(C)n(Cc2cc(N)cc3c2OCOC3)c(=O)n1. The summed E-state index contributed by atoms with van der Waals surface area (Å²) < 4.78 is 12.4. The third kappa shape index (κ3) is 2.62. The number of rotatable bonds is 2. The van der Waals surface area contributed by atoms with E-state index >= 15 is 0 Å². The average Bonchev–Trinajstić information content (AvgIpc) is 2.42. The molecule has 0 unspecified atom stereocenters. The van der Waals surface area contributed by atoms with Crippen molar-refractivity contribution in [2.24, 2.45) is 0 Å². The molecule has 1 aromatic heterocycles. The lowest BCUT2D eigenvalue weighted by atomic mass is 10.1. The topological polar surface area (TPSA) is 79.4 Å². The summed E-state index contributed by atoms with van der Waals surface area (Å²) in [7, 11) is 0. The van der Waals surface area contributed by atoms with Gasteiger partial charge < -0.3 is 15.2 Å². The highest BCUT2D eigenvalue weighted by Gasteiger charge is 2.17. The number of aryl methyl sites for hydroxylation is 2. The summed E-state index contributed by atoms with van der Waals surface area (Å²) >= 11 is 0. The lowest BCUT2D eigenvalue weighted by Gasteiger charge is -2.22. The van der Waals surface area contributed by atoms with Crippen LogP contribution in [0.15, 0.2) is 23.0 Å². The number of nitrogens with two attached hydrogens (primary N) is 1. The Hall–Kier alpha value is -2.34. The highest BCUT2D eigenvalue weighted by atomic mass is 16.7. The predicted molar refractivity (Wildman–Crippen MR) is 78.2 cm³/mol. The molecule has 21 heavy (non-hydrogen) atoms. The van der Waals surface area contributed by atoms with E-state index in [9.17, 15) is 4.79 Å². The minimum absolute atomic E-state index is 0.212. The molecule has 0 amide bonds. The van der Waals surface area contributed by atoms with E-state index in [1.807, 2.05) is 32.0 Å². The zero-order valence-corrected chi connectivity index (χ0v) is 12.0. The van der Waals surface area contributed by atoms with Crippen LogP contribution in [0.5, 0.6) is 5.75 Å². The molecule has 0 radical (unpaired) electrons. The van der Waals surface area contributed by atoms with Gasteiger partial charge in [0.25, 0.3) is 0 Å². The van der Waals surface area contributed by atoms with Gasteiger partial charge in [0.15, 0.2) is 6.79 Å². The van der Waals surface area contributed by atoms with Gasteiger partial charge in [0.05, 0.1) is 13.2 Å². The second kappa shape index (κ2) is 5.21. The zero-order chi connectivity index (χ0) is 15.0. The van der Waals surface area contributed by atoms with E-state index in [-0.39, 0.29) is 12.5 Å². The van der Waals surface area contributed by atoms with Crippen molar-refractivity contribution in [3.8, 4) is 5.75 Å². The number of hydrogen-bond donors (Lipinski definition) is 1. The van der Waals surface area contributed by atoms with Crippen molar-refractivity contribution in [2.45, 2.75) is 27.0 Å². The molecule has 110 valence electrons. The molecule has 2 aromatic rings. The molecular formula is C15H17N3O3. The van der Waals surface area contributed by atoms with Crippen molar-refractivity contribution >= 4 is 5.69 Å². The van der Waals surface area contributed by atoms with E-state index in [0.717, 1.165) is 22.6 Å². The van der Waals surface area contributed by atoms with Crippen molar-refractivity contribution in [1.29, 1.82) is 0 Å². The number of nitrogens with zero attached hydrogens (tertiary/aromatic N) is 2. The van der Waals surface area contributed by atoms with Crippen LogP contribution in [0.4, 0.5) is 5.69 Å². The normalized spacial score (nSPS) is 13.6. The van der Waals surface area contributed by atoms with Crippen molar-refractivity contribution in [3.05, 3.63) is 51.2 Å². The molecule has 6 nitrogen and oxygen atoms in total. The summed E-state index contributed by atoms with van der Waals surface area (Å²) in [5.74, 6) is 0.752. The smallest absolute Gasteiger partial charge is 0.348 e. The molecule has 0 fully saturated rings. The molecule has 0 atom stereocenters. The van der Waals surface area contributed by atoms with Gasteiger partial charge >= 0.3 is 5.69 Å². The Morgan fingerprint density at radius 3 is 2.90 bits per heavy atom. The number of ether oxygens (including phenoxy) is 2. The average molecular weight is 287 g/mol. The molecule has 0 saturated carbocycles. The molecule has 1 aliphatic rings. The van der Waals surface area contributed by atoms with Gasteiger partial charge in [0.1, 0.15) is 5.75 Å². The van der Waals surface area contributed by atoms with Crippen molar-refractivity contribution in [1.82, 2.24) is 9.55 Å². The Bertz CT molecular complexity index is 753. The quantitative estimate of drug-likeness (QED) is 0.844. The first-order chi connectivity index (χ1) is 10.0. The number of fused-ring (bicyclic) bond motifs is 1. The molecule has 1 aliphatic heterocycles. The van der Waals surface area contributed by atoms with Crippen LogP contribution in [0.2, 0.25) is 0 Å². The standard InChI is InChI=1S/C15H17N3O3/c1-9-3-10(2)18(15(19)17-9)6-11-4-13(16)5-12-7-20-8-21-14(11)12/h3-5H,6-8,16H2,1-2H3. The maximum Gasteiger partial charge on any atom is 0.348 e. The number of hydrogen-bond acceptors (Lipinski definition) is 5. The molecule has 3 rings (SSSR count). The van der Waals surface area contributed by atoms with E-state index < -0.39 is 0 Å². The van der Waals surface area contributed by atoms with E-state index in [1.165, 1.54) is 0 Å². The van der Waals surface area contributed by atoms with Crippen LogP contribution < -0.4 is 16.2 Å². The molecule has 2 heterocycles. The third-order valence-electron chi connectivity index (χ3n) is 3.48. The maximum absolute atomic E-state index is 12.1. The second-order valence-electron chi connectivity index (χ2n) is 5.19. The highest BCUT2D eigenvalue weighted by Crippen LogP contribution is 2.31. The fourth-order valence-corrected chi connectivity index (χ4v) is 2.58. The first kappa shape index (κ1) is 13.6. The summed E-state index contributed by atoms with van der Waals surface area (Å²) in [5.41, 5.74) is 9.63. The number of benzene rings is 1. The maximum atomic E-state index is 12.1. The van der Waals surface area contributed by atoms with Gasteiger partial charge in [0.2, 0.25) is 0 Å². The van der Waals surface area contributed by atoms with Gasteiger partial charge in [-0.3, -0.25) is 4.57 Å². The van der Waals surface area contributed by atoms with Gasteiger partial charge in [-0.05, 0) is 32.0 Å². The van der Waals surface area contributed by atoms with Crippen molar-refractivity contribution < 1.29 is 9.47 Å². The van der Waals surface area contributed by atoms with Crippen LogP contribution in [0.1, 0.15) is 22.5 Å². The van der Waals surface area contributed by atoms with Crippen molar-refractivity contribution in [2.75, 3.05) is 12.5 Å². The van der Waals surface area contributed by atoms with Crippen molar-refractivity contribution in [3.63, 3.8) is 0 Å². The van der Waals surface area contributed by atoms with Crippen LogP contribution in [0, 0.1) is 13.8 Å². The molecule has 0 aliphatic carbocycles. The van der Waals surface area contributed by atoms with Crippen LogP contribution in [-0.2, 0) is 17.9 Å². The van der Waals surface area contributed by atoms with Gasteiger partial charge in [-0.2, -0.15) is 4.98 Å². The van der Waals surface area contributed by atoms with Gasteiger partial charge in [-0.1, -0.05) is 0 Å². The third-order valence-corrected chi connectivity index (χ3v) is 3.48. The zero-order valence-electron chi connectivity index (χ0n) is 12.0. The second-order valence-corrected chi connectivity index (χ2v) is 5.19.